The summed E-state index contributed by atoms with van der Waals surface area (Å²) in [6.45, 7) is 2.69. The Kier molecular flexibility index (Phi) is 2.73. The molecule has 1 atom stereocenters. The van der Waals surface area contributed by atoms with Crippen LogP contribution in [0.2, 0.25) is 0 Å². The Hall–Kier alpha value is -1.71. The number of nitrogen functional groups attached to an aromatic ring is 1. The molecule has 1 aromatic rings. The lowest BCUT2D eigenvalue weighted by Crippen LogP contribution is -2.29. The van der Waals surface area contributed by atoms with Crippen LogP contribution in [0.4, 0.5) is 5.69 Å². The van der Waals surface area contributed by atoms with E-state index in [4.69, 9.17) is 10.5 Å². The highest BCUT2D eigenvalue weighted by atomic mass is 16.5. The molecule has 4 nitrogen and oxygen atoms in total. The Morgan fingerprint density at radius 1 is 1.50 bits per heavy atom. The van der Waals surface area contributed by atoms with Crippen molar-refractivity contribution in [2.45, 2.75) is 19.4 Å². The van der Waals surface area contributed by atoms with Crippen molar-refractivity contribution < 1.29 is 9.53 Å². The number of rotatable bonds is 2. The first kappa shape index (κ1) is 10.8. The topological polar surface area (TPSA) is 55.6 Å². The van der Waals surface area contributed by atoms with Gasteiger partial charge in [0.25, 0.3) is 5.91 Å². The van der Waals surface area contributed by atoms with E-state index < -0.39 is 0 Å². The molecular weight excluding hydrogens is 204 g/mol. The summed E-state index contributed by atoms with van der Waals surface area (Å²) in [6, 6.07) is 5.44. The van der Waals surface area contributed by atoms with E-state index in [-0.39, 0.29) is 12.0 Å². The molecule has 2 N–H and O–H groups in total. The van der Waals surface area contributed by atoms with Crippen molar-refractivity contribution in [3.63, 3.8) is 0 Å². The van der Waals surface area contributed by atoms with E-state index in [2.05, 4.69) is 0 Å². The van der Waals surface area contributed by atoms with Crippen molar-refractivity contribution in [1.82, 2.24) is 4.90 Å². The van der Waals surface area contributed by atoms with Gasteiger partial charge in [-0.2, -0.15) is 0 Å². The Labute approximate surface area is 95.0 Å². The zero-order chi connectivity index (χ0) is 11.7. The van der Waals surface area contributed by atoms with Gasteiger partial charge in [-0.1, -0.05) is 0 Å². The molecule has 0 spiro atoms. The molecule has 0 aromatic heterocycles. The lowest BCUT2D eigenvalue weighted by molar-refractivity contribution is -0.132. The highest BCUT2D eigenvalue weighted by molar-refractivity contribution is 5.83. The number of aryl methyl sites for hydroxylation is 1. The van der Waals surface area contributed by atoms with E-state index in [1.165, 1.54) is 0 Å². The van der Waals surface area contributed by atoms with E-state index >= 15 is 0 Å². The Bertz CT molecular complexity index is 417. The summed E-state index contributed by atoms with van der Waals surface area (Å²) in [5.74, 6) is 0.791. The minimum atomic E-state index is -0.340. The second-order valence-electron chi connectivity index (χ2n) is 4.18. The van der Waals surface area contributed by atoms with Gasteiger partial charge in [0.15, 0.2) is 6.10 Å². The molecule has 16 heavy (non-hydrogen) atoms. The molecule has 1 amide bonds. The maximum absolute atomic E-state index is 11.7. The average molecular weight is 220 g/mol. The smallest absolute Gasteiger partial charge is 0.263 e. The number of carbonyl (C=O) groups excluding carboxylic acids is 1. The maximum atomic E-state index is 11.7. The number of nitrogens with two attached hydrogens (primary N) is 1. The van der Waals surface area contributed by atoms with E-state index in [0.29, 0.717) is 5.69 Å². The summed E-state index contributed by atoms with van der Waals surface area (Å²) >= 11 is 0. The van der Waals surface area contributed by atoms with E-state index in [9.17, 15) is 4.79 Å². The number of likely N-dealkylation sites (N-methyl/N-ethyl adjacent to an activating group) is 1. The van der Waals surface area contributed by atoms with Crippen LogP contribution in [-0.4, -0.2) is 30.5 Å². The summed E-state index contributed by atoms with van der Waals surface area (Å²) in [5.41, 5.74) is 7.32. The Morgan fingerprint density at radius 3 is 2.81 bits per heavy atom. The number of hydrogen-bond donors (Lipinski definition) is 1. The van der Waals surface area contributed by atoms with Crippen LogP contribution in [0.25, 0.3) is 0 Å². The van der Waals surface area contributed by atoms with Crippen molar-refractivity contribution in [2.75, 3.05) is 19.3 Å². The zero-order valence-corrected chi connectivity index (χ0v) is 9.56. The third kappa shape index (κ3) is 1.96. The number of hydrogen-bond acceptors (Lipinski definition) is 3. The number of anilines is 1. The average Bonchev–Trinajstić information content (AvgIpc) is 2.54. The first-order chi connectivity index (χ1) is 7.58. The number of ether oxygens (including phenoxy) is 1. The lowest BCUT2D eigenvalue weighted by Gasteiger charge is -2.14. The molecule has 1 fully saturated rings. The fourth-order valence-corrected chi connectivity index (χ4v) is 1.86. The fraction of sp³-hybridized carbons (Fsp3) is 0.417. The van der Waals surface area contributed by atoms with Crippen LogP contribution in [0.1, 0.15) is 12.0 Å². The summed E-state index contributed by atoms with van der Waals surface area (Å²) in [4.78, 5) is 13.4. The molecule has 1 aromatic carbocycles. The SMILES string of the molecule is Cc1cc(N)ccc1OC1CCN(C)C1=O. The number of amides is 1. The normalized spacial score (nSPS) is 20.2. The molecule has 1 unspecified atom stereocenters. The Balaban J connectivity index is 2.12. The molecule has 1 heterocycles. The highest BCUT2D eigenvalue weighted by Crippen LogP contribution is 2.24. The molecule has 1 saturated heterocycles. The Morgan fingerprint density at radius 2 is 2.25 bits per heavy atom. The summed E-state index contributed by atoms with van der Waals surface area (Å²) in [7, 11) is 1.79. The van der Waals surface area contributed by atoms with Crippen LogP contribution in [0.3, 0.4) is 0 Å². The zero-order valence-electron chi connectivity index (χ0n) is 9.56. The van der Waals surface area contributed by atoms with Gasteiger partial charge in [-0.15, -0.1) is 0 Å². The van der Waals surface area contributed by atoms with Crippen LogP contribution in [0.5, 0.6) is 5.75 Å². The van der Waals surface area contributed by atoms with Gasteiger partial charge in [0.2, 0.25) is 0 Å². The molecule has 4 heteroatoms. The largest absolute Gasteiger partial charge is 0.480 e. The molecule has 1 aliphatic heterocycles. The number of likely N-dealkylation sites (tertiary alicyclic amines) is 1. The molecule has 1 aliphatic rings. The minimum Gasteiger partial charge on any atom is -0.480 e. The molecule has 0 radical (unpaired) electrons. The van der Waals surface area contributed by atoms with Crippen LogP contribution in [0.15, 0.2) is 18.2 Å². The molecule has 86 valence electrons. The summed E-state index contributed by atoms with van der Waals surface area (Å²) < 4.78 is 5.70. The fourth-order valence-electron chi connectivity index (χ4n) is 1.86. The predicted molar refractivity (Wildman–Crippen MR) is 62.3 cm³/mol. The van der Waals surface area contributed by atoms with Gasteiger partial charge in [-0.25, -0.2) is 0 Å². The third-order valence-corrected chi connectivity index (χ3v) is 2.85. The number of nitrogens with zero attached hydrogens (tertiary/aromatic N) is 1. The van der Waals surface area contributed by atoms with Gasteiger partial charge in [0, 0.05) is 25.7 Å². The van der Waals surface area contributed by atoms with Crippen molar-refractivity contribution in [2.24, 2.45) is 0 Å². The molecule has 0 aliphatic carbocycles. The van der Waals surface area contributed by atoms with E-state index in [0.717, 1.165) is 24.3 Å². The standard InChI is InChI=1S/C12H16N2O2/c1-8-7-9(13)3-4-10(8)16-11-5-6-14(2)12(11)15/h3-4,7,11H,5-6,13H2,1-2H3. The maximum Gasteiger partial charge on any atom is 0.263 e. The summed E-state index contributed by atoms with van der Waals surface area (Å²) in [6.07, 6.45) is 0.409. The number of benzene rings is 1. The van der Waals surface area contributed by atoms with Gasteiger partial charge in [-0.05, 0) is 30.7 Å². The van der Waals surface area contributed by atoms with Crippen LogP contribution in [0, 0.1) is 6.92 Å². The molecule has 0 saturated carbocycles. The minimum absolute atomic E-state index is 0.0521. The van der Waals surface area contributed by atoms with Gasteiger partial charge in [0.1, 0.15) is 5.75 Å². The van der Waals surface area contributed by atoms with E-state index in [1.54, 1.807) is 18.0 Å². The third-order valence-electron chi connectivity index (χ3n) is 2.85. The lowest BCUT2D eigenvalue weighted by atomic mass is 10.2. The first-order valence-electron chi connectivity index (χ1n) is 5.35. The van der Waals surface area contributed by atoms with Crippen molar-refractivity contribution in [3.05, 3.63) is 23.8 Å². The van der Waals surface area contributed by atoms with Gasteiger partial charge >= 0.3 is 0 Å². The van der Waals surface area contributed by atoms with Crippen molar-refractivity contribution in [1.29, 1.82) is 0 Å². The van der Waals surface area contributed by atoms with Crippen LogP contribution < -0.4 is 10.5 Å². The molecule has 2 rings (SSSR count). The summed E-state index contributed by atoms with van der Waals surface area (Å²) in [5, 5.41) is 0. The van der Waals surface area contributed by atoms with Crippen LogP contribution in [-0.2, 0) is 4.79 Å². The second kappa shape index (κ2) is 4.04. The quantitative estimate of drug-likeness (QED) is 0.762. The second-order valence-corrected chi connectivity index (χ2v) is 4.18. The van der Waals surface area contributed by atoms with E-state index in [1.807, 2.05) is 19.1 Å². The molecular formula is C12H16N2O2. The monoisotopic (exact) mass is 220 g/mol. The highest BCUT2D eigenvalue weighted by Gasteiger charge is 2.30. The predicted octanol–water partition coefficient (Wildman–Crippen LogP) is 1.19. The van der Waals surface area contributed by atoms with Crippen LogP contribution >= 0.6 is 0 Å². The van der Waals surface area contributed by atoms with Gasteiger partial charge in [-0.3, -0.25) is 4.79 Å². The van der Waals surface area contributed by atoms with Gasteiger partial charge in [0.05, 0.1) is 0 Å². The van der Waals surface area contributed by atoms with Crippen molar-refractivity contribution >= 4 is 11.6 Å². The van der Waals surface area contributed by atoms with Crippen molar-refractivity contribution in [3.8, 4) is 5.75 Å². The first-order valence-corrected chi connectivity index (χ1v) is 5.35. The molecule has 0 bridgehead atoms. The number of carbonyl (C=O) groups is 1. The van der Waals surface area contributed by atoms with Gasteiger partial charge < -0.3 is 15.4 Å².